The fraction of sp³-hybridized carbons (Fsp3) is 0.609. The topological polar surface area (TPSA) is 411 Å². The van der Waals surface area contributed by atoms with Gasteiger partial charge in [0.05, 0.1) is 26.4 Å². The zero-order valence-electron chi connectivity index (χ0n) is 38.9. The lowest BCUT2D eigenvalue weighted by molar-refractivity contribution is -0.388. The summed E-state index contributed by atoms with van der Waals surface area (Å²) in [5.41, 5.74) is 2.40. The minimum atomic E-state index is -4.49. The Morgan fingerprint density at radius 1 is 0.534 bits per heavy atom. The molecule has 3 aromatic carbocycles. The van der Waals surface area contributed by atoms with E-state index >= 15 is 0 Å². The first-order valence-corrected chi connectivity index (χ1v) is 25.0. The van der Waals surface area contributed by atoms with E-state index in [1.165, 1.54) is 12.1 Å². The number of ether oxygens (including phenoxy) is 8. The van der Waals surface area contributed by atoms with E-state index in [2.05, 4.69) is 15.6 Å². The molecular formula is C46H63N3O23S. The monoisotopic (exact) mass is 1060 g/mol. The van der Waals surface area contributed by atoms with Gasteiger partial charge in [0.2, 0.25) is 0 Å². The molecule has 73 heavy (non-hydrogen) atoms. The van der Waals surface area contributed by atoms with Crippen molar-refractivity contribution in [3.63, 3.8) is 0 Å². The van der Waals surface area contributed by atoms with Gasteiger partial charge in [-0.1, -0.05) is 42.5 Å². The Morgan fingerprint density at radius 3 is 1.60 bits per heavy atom. The molecule has 1 aromatic heterocycles. The Labute approximate surface area is 416 Å². The van der Waals surface area contributed by atoms with E-state index in [-0.39, 0.29) is 31.1 Å². The van der Waals surface area contributed by atoms with Crippen molar-refractivity contribution >= 4 is 37.5 Å². The summed E-state index contributed by atoms with van der Waals surface area (Å²) in [7, 11) is -4.49. The Hall–Kier alpha value is -3.67. The third kappa shape index (κ3) is 12.0. The largest absolute Gasteiger partial charge is 0.394 e. The highest BCUT2D eigenvalue weighted by Gasteiger charge is 2.55. The van der Waals surface area contributed by atoms with Crippen LogP contribution in [0.2, 0.25) is 0 Å². The van der Waals surface area contributed by atoms with Gasteiger partial charge in [-0.3, -0.25) is 4.55 Å². The molecule has 8 rings (SSSR count). The molecule has 4 aliphatic rings. The van der Waals surface area contributed by atoms with Crippen molar-refractivity contribution in [2.45, 2.75) is 134 Å². The predicted octanol–water partition coefficient (Wildman–Crippen LogP) is -4.89. The summed E-state index contributed by atoms with van der Waals surface area (Å²) in [5.74, 6) is 0. The molecule has 27 heteroatoms. The molecule has 16 N–H and O–H groups in total. The van der Waals surface area contributed by atoms with E-state index < -0.39 is 153 Å². The number of anilines is 1. The van der Waals surface area contributed by atoms with Crippen molar-refractivity contribution < 1.29 is 112 Å². The molecule has 0 bridgehead atoms. The number of aromatic nitrogens is 1. The van der Waals surface area contributed by atoms with E-state index in [1.807, 2.05) is 30.5 Å². The summed E-state index contributed by atoms with van der Waals surface area (Å²) in [4.78, 5) is 2.90. The van der Waals surface area contributed by atoms with Crippen LogP contribution in [0.3, 0.4) is 0 Å². The van der Waals surface area contributed by atoms with Gasteiger partial charge in [-0.15, -0.1) is 0 Å². The standard InChI is InChI=1S/C46H63N3O23S/c50-17-27-40(33(55)37(59)43(67-27)65-14-11-20-15-49-24-8-2-1-5-21(20)24)71-45-39(61)35(57)42(29(19-52)69-45)72-46-38(60)34(56)41(28(18-51)68-46)70-44-36(58)32(54)31(53)26(66-44)16-47-12-13-48-25-9-3-7-23-22(25)6-4-10-30(23)73(62,63)64/h1-10,15,26-29,31-61H,11-14,16-19H2,(H,62,63,64)/t26-,27-,28-,29-,31+,32+,33-,34-,35-,36-,37-,38-,39-,40-,41-,42-,43-,44+,45+,46+/m1/s1. The minimum absolute atomic E-state index is 0.0526. The lowest BCUT2D eigenvalue weighted by Crippen LogP contribution is -2.67. The number of nitrogens with one attached hydrogen (secondary N) is 3. The highest BCUT2D eigenvalue weighted by Crippen LogP contribution is 2.35. The van der Waals surface area contributed by atoms with Gasteiger partial charge in [0.15, 0.2) is 25.2 Å². The SMILES string of the molecule is O=S(=O)(O)c1cccc2c(NCCNC[C@H]3O[C@@H](O[C@H]4[C@H](O)[C@@H](O)[C@H](O[C@H]5[C@H](O)[C@@H](O)[C@H](O[C@H]6[C@H](O)[C@@H](O)[C@H](OCCc7c[nH]c8ccccc78)O[C@@H]6CO)O[C@@H]5CO)O[C@@H]4CO)[C@H](O)[C@@H](O)[C@H]3O)cccc12. The number of hydrogen-bond donors (Lipinski definition) is 16. The molecule has 26 nitrogen and oxygen atoms in total. The smallest absolute Gasteiger partial charge is 0.295 e. The Balaban J connectivity index is 0.833. The van der Waals surface area contributed by atoms with Crippen LogP contribution >= 0.6 is 0 Å². The number of aromatic amines is 1. The summed E-state index contributed by atoms with van der Waals surface area (Å²) in [6.07, 6.45) is -32.5. The third-order valence-corrected chi connectivity index (χ3v) is 14.4. The van der Waals surface area contributed by atoms with Crippen LogP contribution in [-0.4, -0.2) is 248 Å². The number of fused-ring (bicyclic) bond motifs is 2. The molecule has 406 valence electrons. The average molecular weight is 1060 g/mol. The Morgan fingerprint density at radius 2 is 1.03 bits per heavy atom. The van der Waals surface area contributed by atoms with E-state index in [0.29, 0.717) is 22.9 Å². The Bertz CT molecular complexity index is 2520. The highest BCUT2D eigenvalue weighted by atomic mass is 32.2. The minimum Gasteiger partial charge on any atom is -0.394 e. The molecule has 0 amide bonds. The lowest BCUT2D eigenvalue weighted by atomic mass is 9.95. The molecule has 4 aromatic rings. The van der Waals surface area contributed by atoms with Crippen LogP contribution in [0.1, 0.15) is 5.56 Å². The number of H-pyrrole nitrogens is 1. The fourth-order valence-corrected chi connectivity index (χ4v) is 10.2. The van der Waals surface area contributed by atoms with Gasteiger partial charge < -0.3 is 115 Å². The van der Waals surface area contributed by atoms with Crippen molar-refractivity contribution in [2.24, 2.45) is 0 Å². The van der Waals surface area contributed by atoms with E-state index in [4.69, 9.17) is 37.9 Å². The molecule has 0 saturated carbocycles. The zero-order valence-corrected chi connectivity index (χ0v) is 39.7. The van der Waals surface area contributed by atoms with E-state index in [0.717, 1.165) is 16.5 Å². The van der Waals surface area contributed by atoms with Crippen molar-refractivity contribution in [3.05, 3.63) is 72.4 Å². The van der Waals surface area contributed by atoms with Gasteiger partial charge >= 0.3 is 0 Å². The Kier molecular flexibility index (Phi) is 18.4. The molecular weight excluding hydrogens is 995 g/mol. The second-order valence-electron chi connectivity index (χ2n) is 18.2. The van der Waals surface area contributed by atoms with Crippen LogP contribution < -0.4 is 10.6 Å². The molecule has 0 unspecified atom stereocenters. The number of benzene rings is 3. The highest BCUT2D eigenvalue weighted by molar-refractivity contribution is 7.86. The normalized spacial score (nSPS) is 37.4. The van der Waals surface area contributed by atoms with Gasteiger partial charge in [-0.05, 0) is 30.2 Å². The first kappa shape index (κ1) is 55.6. The molecule has 4 saturated heterocycles. The molecule has 0 aliphatic carbocycles. The van der Waals surface area contributed by atoms with Crippen LogP contribution in [0.25, 0.3) is 21.7 Å². The fourth-order valence-electron chi connectivity index (χ4n) is 9.50. The number of para-hydroxylation sites is 1. The molecule has 20 atom stereocenters. The van der Waals surface area contributed by atoms with E-state index in [9.17, 15) is 74.2 Å². The predicted molar refractivity (Wildman–Crippen MR) is 248 cm³/mol. The number of aliphatic hydroxyl groups is 12. The van der Waals surface area contributed by atoms with Crippen LogP contribution in [0, 0.1) is 0 Å². The first-order valence-electron chi connectivity index (χ1n) is 23.6. The second kappa shape index (κ2) is 24.1. The first-order chi connectivity index (χ1) is 34.9. The van der Waals surface area contributed by atoms with Crippen molar-refractivity contribution in [1.82, 2.24) is 10.3 Å². The number of hydrogen-bond acceptors (Lipinski definition) is 24. The quantitative estimate of drug-likeness (QED) is 0.0291. The van der Waals surface area contributed by atoms with Gasteiger partial charge in [0, 0.05) is 53.2 Å². The number of rotatable bonds is 20. The summed E-state index contributed by atoms with van der Waals surface area (Å²) >= 11 is 0. The van der Waals surface area contributed by atoms with E-state index in [1.54, 1.807) is 24.3 Å². The summed E-state index contributed by atoms with van der Waals surface area (Å²) in [6.45, 7) is -2.19. The number of aliphatic hydroxyl groups excluding tert-OH is 12. The van der Waals surface area contributed by atoms with Crippen LogP contribution in [-0.2, 0) is 54.4 Å². The van der Waals surface area contributed by atoms with Crippen molar-refractivity contribution in [3.8, 4) is 0 Å². The maximum atomic E-state index is 11.9. The second-order valence-corrected chi connectivity index (χ2v) is 19.6. The average Bonchev–Trinajstić information content (AvgIpc) is 3.80. The maximum Gasteiger partial charge on any atom is 0.295 e. The summed E-state index contributed by atoms with van der Waals surface area (Å²) in [5, 5.41) is 138. The molecule has 5 heterocycles. The molecule has 4 aliphatic heterocycles. The van der Waals surface area contributed by atoms with Crippen LogP contribution in [0.4, 0.5) is 5.69 Å². The van der Waals surface area contributed by atoms with Gasteiger partial charge in [0.25, 0.3) is 10.1 Å². The zero-order chi connectivity index (χ0) is 52.3. The van der Waals surface area contributed by atoms with Crippen molar-refractivity contribution in [2.75, 3.05) is 51.4 Å². The van der Waals surface area contributed by atoms with Crippen LogP contribution in [0.5, 0.6) is 0 Å². The third-order valence-electron chi connectivity index (χ3n) is 13.5. The van der Waals surface area contributed by atoms with Gasteiger partial charge in [-0.25, -0.2) is 0 Å². The summed E-state index contributed by atoms with van der Waals surface area (Å²) < 4.78 is 79.5. The molecule has 0 radical (unpaired) electrons. The van der Waals surface area contributed by atoms with Gasteiger partial charge in [-0.2, -0.15) is 8.42 Å². The van der Waals surface area contributed by atoms with Gasteiger partial charge in [0.1, 0.15) is 103 Å². The lowest BCUT2D eigenvalue weighted by Gasteiger charge is -2.49. The maximum absolute atomic E-state index is 11.9. The van der Waals surface area contributed by atoms with Crippen LogP contribution in [0.15, 0.2) is 71.8 Å². The molecule has 0 spiro atoms. The summed E-state index contributed by atoms with van der Waals surface area (Å²) in [6, 6.07) is 16.9. The molecule has 4 fully saturated rings. The van der Waals surface area contributed by atoms with Crippen molar-refractivity contribution in [1.29, 1.82) is 0 Å².